The molecular weight excluding hydrogens is 192 g/mol. The van der Waals surface area contributed by atoms with E-state index in [9.17, 15) is 0 Å². The van der Waals surface area contributed by atoms with Crippen LogP contribution in [-0.2, 0) is 0 Å². The molecule has 0 aromatic rings. The van der Waals surface area contributed by atoms with Crippen LogP contribution < -0.4 is 0 Å². The molecule has 1 fully saturated rings. The van der Waals surface area contributed by atoms with E-state index in [0.717, 1.165) is 23.7 Å². The number of hydrogen-bond donors (Lipinski definition) is 0. The van der Waals surface area contributed by atoms with Gasteiger partial charge in [-0.3, -0.25) is 0 Å². The Morgan fingerprint density at radius 1 is 0.938 bits per heavy atom. The fourth-order valence-electron chi connectivity index (χ4n) is 3.29. The lowest BCUT2D eigenvalue weighted by Crippen LogP contribution is -2.21. The van der Waals surface area contributed by atoms with Crippen LogP contribution in [0.1, 0.15) is 79.1 Å². The van der Waals surface area contributed by atoms with Crippen molar-refractivity contribution in [3.05, 3.63) is 0 Å². The summed E-state index contributed by atoms with van der Waals surface area (Å²) in [6, 6.07) is 0. The molecule has 1 atom stereocenters. The Morgan fingerprint density at radius 2 is 1.56 bits per heavy atom. The SMILES string of the molecule is CCCC(CCC(C)C)C1CCC(C)CC1. The molecule has 0 spiro atoms. The van der Waals surface area contributed by atoms with Crippen LogP contribution in [0.2, 0.25) is 0 Å². The molecule has 0 bridgehead atoms. The molecule has 96 valence electrons. The van der Waals surface area contributed by atoms with E-state index in [2.05, 4.69) is 27.7 Å². The first kappa shape index (κ1) is 14.1. The Hall–Kier alpha value is 0. The Labute approximate surface area is 103 Å². The van der Waals surface area contributed by atoms with E-state index in [1.165, 1.54) is 51.4 Å². The summed E-state index contributed by atoms with van der Waals surface area (Å²) in [5.74, 6) is 4.00. The van der Waals surface area contributed by atoms with Crippen LogP contribution in [0.4, 0.5) is 0 Å². The number of hydrogen-bond acceptors (Lipinski definition) is 0. The van der Waals surface area contributed by atoms with Crippen LogP contribution in [0.5, 0.6) is 0 Å². The van der Waals surface area contributed by atoms with E-state index in [1.807, 2.05) is 0 Å². The fourth-order valence-corrected chi connectivity index (χ4v) is 3.29. The second kappa shape index (κ2) is 7.35. The molecular formula is C16H32. The van der Waals surface area contributed by atoms with Crippen LogP contribution in [0.25, 0.3) is 0 Å². The summed E-state index contributed by atoms with van der Waals surface area (Å²) in [5.41, 5.74) is 0. The van der Waals surface area contributed by atoms with E-state index in [1.54, 1.807) is 0 Å². The quantitative estimate of drug-likeness (QED) is 0.545. The van der Waals surface area contributed by atoms with E-state index < -0.39 is 0 Å². The molecule has 0 heterocycles. The molecule has 1 rings (SSSR count). The molecule has 0 heteroatoms. The molecule has 0 aromatic carbocycles. The predicted molar refractivity (Wildman–Crippen MR) is 73.6 cm³/mol. The average molecular weight is 224 g/mol. The minimum Gasteiger partial charge on any atom is -0.0654 e. The third-order valence-electron chi connectivity index (χ3n) is 4.50. The van der Waals surface area contributed by atoms with E-state index in [4.69, 9.17) is 0 Å². The van der Waals surface area contributed by atoms with Crippen LogP contribution >= 0.6 is 0 Å². The van der Waals surface area contributed by atoms with Gasteiger partial charge < -0.3 is 0 Å². The normalized spacial score (nSPS) is 28.3. The summed E-state index contributed by atoms with van der Waals surface area (Å²) in [5, 5.41) is 0. The molecule has 0 N–H and O–H groups in total. The van der Waals surface area contributed by atoms with Crippen molar-refractivity contribution in [2.75, 3.05) is 0 Å². The first-order chi connectivity index (χ1) is 7.63. The zero-order valence-electron chi connectivity index (χ0n) is 12.0. The first-order valence-electron chi connectivity index (χ1n) is 7.63. The maximum Gasteiger partial charge on any atom is -0.0386 e. The molecule has 16 heavy (non-hydrogen) atoms. The Balaban J connectivity index is 2.36. The summed E-state index contributed by atoms with van der Waals surface area (Å²) in [4.78, 5) is 0. The standard InChI is InChI=1S/C16H32/c1-5-6-15(10-7-13(2)3)16-11-8-14(4)9-12-16/h13-16H,5-12H2,1-4H3. The molecule has 0 nitrogen and oxygen atoms in total. The van der Waals surface area contributed by atoms with Gasteiger partial charge in [0.05, 0.1) is 0 Å². The van der Waals surface area contributed by atoms with Gasteiger partial charge in [-0.15, -0.1) is 0 Å². The molecule has 0 aromatic heterocycles. The Morgan fingerprint density at radius 3 is 2.06 bits per heavy atom. The lowest BCUT2D eigenvalue weighted by Gasteiger charge is -2.33. The zero-order chi connectivity index (χ0) is 12.0. The van der Waals surface area contributed by atoms with Gasteiger partial charge in [-0.05, 0) is 42.9 Å². The lowest BCUT2D eigenvalue weighted by molar-refractivity contribution is 0.186. The molecule has 0 amide bonds. The van der Waals surface area contributed by atoms with Crippen molar-refractivity contribution >= 4 is 0 Å². The van der Waals surface area contributed by atoms with Crippen molar-refractivity contribution in [1.29, 1.82) is 0 Å². The predicted octanol–water partition coefficient (Wildman–Crippen LogP) is 5.67. The summed E-state index contributed by atoms with van der Waals surface area (Å²) in [6.07, 6.45) is 11.8. The van der Waals surface area contributed by atoms with Crippen molar-refractivity contribution in [1.82, 2.24) is 0 Å². The van der Waals surface area contributed by atoms with Crippen molar-refractivity contribution in [3.8, 4) is 0 Å². The van der Waals surface area contributed by atoms with Gasteiger partial charge in [0, 0.05) is 0 Å². The summed E-state index contributed by atoms with van der Waals surface area (Å²) >= 11 is 0. The Bertz CT molecular complexity index is 163. The van der Waals surface area contributed by atoms with E-state index in [0.29, 0.717) is 0 Å². The summed E-state index contributed by atoms with van der Waals surface area (Å²) in [7, 11) is 0. The third-order valence-corrected chi connectivity index (χ3v) is 4.50. The summed E-state index contributed by atoms with van der Waals surface area (Å²) in [6.45, 7) is 9.52. The van der Waals surface area contributed by atoms with Crippen molar-refractivity contribution in [3.63, 3.8) is 0 Å². The largest absolute Gasteiger partial charge is 0.0654 e. The molecule has 1 aliphatic rings. The van der Waals surface area contributed by atoms with Gasteiger partial charge in [0.15, 0.2) is 0 Å². The smallest absolute Gasteiger partial charge is 0.0386 e. The van der Waals surface area contributed by atoms with Crippen molar-refractivity contribution < 1.29 is 0 Å². The highest BCUT2D eigenvalue weighted by molar-refractivity contribution is 4.76. The van der Waals surface area contributed by atoms with Crippen LogP contribution in [-0.4, -0.2) is 0 Å². The van der Waals surface area contributed by atoms with Gasteiger partial charge in [0.1, 0.15) is 0 Å². The van der Waals surface area contributed by atoms with Crippen LogP contribution in [0.15, 0.2) is 0 Å². The van der Waals surface area contributed by atoms with E-state index >= 15 is 0 Å². The maximum absolute atomic E-state index is 2.43. The third kappa shape index (κ3) is 4.89. The highest BCUT2D eigenvalue weighted by atomic mass is 14.3. The molecule has 0 radical (unpaired) electrons. The van der Waals surface area contributed by atoms with Crippen LogP contribution in [0, 0.1) is 23.7 Å². The van der Waals surface area contributed by atoms with Crippen molar-refractivity contribution in [2.45, 2.75) is 79.1 Å². The van der Waals surface area contributed by atoms with Gasteiger partial charge in [0.2, 0.25) is 0 Å². The number of rotatable bonds is 6. The maximum atomic E-state index is 2.43. The van der Waals surface area contributed by atoms with Gasteiger partial charge >= 0.3 is 0 Å². The zero-order valence-corrected chi connectivity index (χ0v) is 12.0. The minimum absolute atomic E-state index is 0.891. The van der Waals surface area contributed by atoms with Gasteiger partial charge in [0.25, 0.3) is 0 Å². The van der Waals surface area contributed by atoms with Gasteiger partial charge in [-0.1, -0.05) is 59.8 Å². The topological polar surface area (TPSA) is 0 Å². The second-order valence-corrected chi connectivity index (χ2v) is 6.54. The second-order valence-electron chi connectivity index (χ2n) is 6.54. The van der Waals surface area contributed by atoms with Crippen molar-refractivity contribution in [2.24, 2.45) is 23.7 Å². The monoisotopic (exact) mass is 224 g/mol. The fraction of sp³-hybridized carbons (Fsp3) is 1.00. The molecule has 1 aliphatic carbocycles. The average Bonchev–Trinajstić information content (AvgIpc) is 2.25. The molecule has 0 saturated heterocycles. The molecule has 1 saturated carbocycles. The Kier molecular flexibility index (Phi) is 6.46. The van der Waals surface area contributed by atoms with Gasteiger partial charge in [-0.2, -0.15) is 0 Å². The van der Waals surface area contributed by atoms with E-state index in [-0.39, 0.29) is 0 Å². The molecule has 1 unspecified atom stereocenters. The lowest BCUT2D eigenvalue weighted by atomic mass is 9.73. The highest BCUT2D eigenvalue weighted by Crippen LogP contribution is 2.37. The minimum atomic E-state index is 0.891. The highest BCUT2D eigenvalue weighted by Gasteiger charge is 2.25. The van der Waals surface area contributed by atoms with Crippen LogP contribution in [0.3, 0.4) is 0 Å². The molecule has 0 aliphatic heterocycles. The summed E-state index contributed by atoms with van der Waals surface area (Å²) < 4.78 is 0. The first-order valence-corrected chi connectivity index (χ1v) is 7.63. The van der Waals surface area contributed by atoms with Gasteiger partial charge in [-0.25, -0.2) is 0 Å².